The minimum absolute atomic E-state index is 0.118. The standard InChI is InChI=1S/C13H17N3O/c1-8(2)5-12(17)11-7-14-16-10(4)6-9(3)15-13(11)16/h6-8H,5H2,1-4H3. The third-order valence-electron chi connectivity index (χ3n) is 2.67. The molecular formula is C13H17N3O. The van der Waals surface area contributed by atoms with Crippen molar-refractivity contribution in [2.75, 3.05) is 0 Å². The van der Waals surface area contributed by atoms with Gasteiger partial charge in [0.15, 0.2) is 11.4 Å². The fourth-order valence-corrected chi connectivity index (χ4v) is 1.95. The van der Waals surface area contributed by atoms with Gasteiger partial charge in [0.25, 0.3) is 0 Å². The molecule has 0 bridgehead atoms. The summed E-state index contributed by atoms with van der Waals surface area (Å²) in [5.41, 5.74) is 3.21. The number of aromatic nitrogens is 3. The first-order valence-corrected chi connectivity index (χ1v) is 5.84. The fraction of sp³-hybridized carbons (Fsp3) is 0.462. The third-order valence-corrected chi connectivity index (χ3v) is 2.67. The average Bonchev–Trinajstić information content (AvgIpc) is 2.59. The number of carbonyl (C=O) groups is 1. The number of nitrogens with zero attached hydrogens (tertiary/aromatic N) is 3. The van der Waals surface area contributed by atoms with Gasteiger partial charge in [-0.2, -0.15) is 5.10 Å². The number of fused-ring (bicyclic) bond motifs is 1. The summed E-state index contributed by atoms with van der Waals surface area (Å²) in [6.07, 6.45) is 2.16. The minimum Gasteiger partial charge on any atom is -0.294 e. The van der Waals surface area contributed by atoms with E-state index in [1.165, 1.54) is 0 Å². The molecule has 0 amide bonds. The summed E-state index contributed by atoms with van der Waals surface area (Å²) in [6.45, 7) is 7.96. The molecule has 2 aromatic rings. The molecule has 0 aliphatic carbocycles. The predicted molar refractivity (Wildman–Crippen MR) is 66.2 cm³/mol. The lowest BCUT2D eigenvalue weighted by atomic mass is 10.0. The Morgan fingerprint density at radius 1 is 1.41 bits per heavy atom. The highest BCUT2D eigenvalue weighted by Crippen LogP contribution is 2.15. The molecule has 0 aromatic carbocycles. The van der Waals surface area contributed by atoms with Gasteiger partial charge in [0, 0.05) is 17.8 Å². The molecule has 4 heteroatoms. The van der Waals surface area contributed by atoms with Crippen LogP contribution < -0.4 is 0 Å². The molecule has 0 radical (unpaired) electrons. The molecule has 4 nitrogen and oxygen atoms in total. The maximum Gasteiger partial charge on any atom is 0.168 e. The normalized spacial score (nSPS) is 11.4. The Bertz CT molecular complexity index is 569. The topological polar surface area (TPSA) is 47.3 Å². The molecule has 0 saturated heterocycles. The molecule has 2 rings (SSSR count). The van der Waals surface area contributed by atoms with E-state index < -0.39 is 0 Å². The number of ketones is 1. The Morgan fingerprint density at radius 2 is 2.12 bits per heavy atom. The summed E-state index contributed by atoms with van der Waals surface area (Å²) in [5.74, 6) is 0.468. The summed E-state index contributed by atoms with van der Waals surface area (Å²) in [7, 11) is 0. The van der Waals surface area contributed by atoms with Crippen molar-refractivity contribution in [1.29, 1.82) is 0 Å². The van der Waals surface area contributed by atoms with Crippen molar-refractivity contribution in [1.82, 2.24) is 14.6 Å². The van der Waals surface area contributed by atoms with Gasteiger partial charge in [0.05, 0.1) is 11.8 Å². The number of Topliss-reactive ketones (excluding diaryl/α,β-unsaturated/α-hetero) is 1. The minimum atomic E-state index is 0.118. The van der Waals surface area contributed by atoms with E-state index in [1.807, 2.05) is 33.8 Å². The lowest BCUT2D eigenvalue weighted by molar-refractivity contribution is 0.0969. The van der Waals surface area contributed by atoms with E-state index in [4.69, 9.17) is 0 Å². The van der Waals surface area contributed by atoms with E-state index in [9.17, 15) is 4.79 Å². The lowest BCUT2D eigenvalue weighted by Gasteiger charge is -2.03. The molecule has 0 fully saturated rings. The van der Waals surface area contributed by atoms with Crippen molar-refractivity contribution in [3.8, 4) is 0 Å². The molecule has 0 aliphatic rings. The van der Waals surface area contributed by atoms with Crippen molar-refractivity contribution in [2.24, 2.45) is 5.92 Å². The van der Waals surface area contributed by atoms with Crippen molar-refractivity contribution in [2.45, 2.75) is 34.1 Å². The van der Waals surface area contributed by atoms with Gasteiger partial charge in [-0.1, -0.05) is 13.8 Å². The predicted octanol–water partition coefficient (Wildman–Crippen LogP) is 2.57. The van der Waals surface area contributed by atoms with Crippen LogP contribution in [0.1, 0.15) is 42.0 Å². The largest absolute Gasteiger partial charge is 0.294 e. The zero-order chi connectivity index (χ0) is 12.6. The molecule has 0 saturated carbocycles. The second-order valence-corrected chi connectivity index (χ2v) is 4.85. The van der Waals surface area contributed by atoms with Crippen LogP contribution in [-0.4, -0.2) is 20.4 Å². The summed E-state index contributed by atoms with van der Waals surface area (Å²) in [4.78, 5) is 16.5. The SMILES string of the molecule is Cc1cc(C)n2ncc(C(=O)CC(C)C)c2n1. The smallest absolute Gasteiger partial charge is 0.168 e. The van der Waals surface area contributed by atoms with E-state index in [0.717, 1.165) is 11.4 Å². The summed E-state index contributed by atoms with van der Waals surface area (Å²) in [6, 6.07) is 1.96. The quantitative estimate of drug-likeness (QED) is 0.763. The zero-order valence-corrected chi connectivity index (χ0v) is 10.7. The third kappa shape index (κ3) is 2.20. The van der Waals surface area contributed by atoms with Crippen LogP contribution in [0.2, 0.25) is 0 Å². The first-order valence-electron chi connectivity index (χ1n) is 5.84. The highest BCUT2D eigenvalue weighted by atomic mass is 16.1. The Kier molecular flexibility index (Phi) is 2.96. The van der Waals surface area contributed by atoms with Crippen molar-refractivity contribution >= 4 is 11.4 Å². The number of carbonyl (C=O) groups excluding carboxylic acids is 1. The van der Waals surface area contributed by atoms with Crippen LogP contribution in [0.3, 0.4) is 0 Å². The summed E-state index contributed by atoms with van der Waals surface area (Å²) >= 11 is 0. The number of hydrogen-bond acceptors (Lipinski definition) is 3. The van der Waals surface area contributed by atoms with E-state index in [0.29, 0.717) is 23.5 Å². The van der Waals surface area contributed by atoms with Gasteiger partial charge >= 0.3 is 0 Å². The van der Waals surface area contributed by atoms with Gasteiger partial charge < -0.3 is 0 Å². The molecule has 0 N–H and O–H groups in total. The average molecular weight is 231 g/mol. The van der Waals surface area contributed by atoms with Crippen LogP contribution in [0, 0.1) is 19.8 Å². The van der Waals surface area contributed by atoms with Gasteiger partial charge in [0.2, 0.25) is 0 Å². The maximum absolute atomic E-state index is 12.1. The fourth-order valence-electron chi connectivity index (χ4n) is 1.95. The summed E-state index contributed by atoms with van der Waals surface area (Å²) < 4.78 is 1.72. The second kappa shape index (κ2) is 4.28. The zero-order valence-electron chi connectivity index (χ0n) is 10.7. The van der Waals surface area contributed by atoms with E-state index in [2.05, 4.69) is 10.1 Å². The summed E-state index contributed by atoms with van der Waals surface area (Å²) in [5, 5.41) is 4.22. The first kappa shape index (κ1) is 11.8. The molecule has 0 aliphatic heterocycles. The molecule has 0 spiro atoms. The molecule has 0 unspecified atom stereocenters. The van der Waals surface area contributed by atoms with Crippen LogP contribution in [0.15, 0.2) is 12.3 Å². The van der Waals surface area contributed by atoms with Gasteiger partial charge in [-0.25, -0.2) is 9.50 Å². The highest BCUT2D eigenvalue weighted by Gasteiger charge is 2.16. The van der Waals surface area contributed by atoms with E-state index in [1.54, 1.807) is 10.7 Å². The van der Waals surface area contributed by atoms with Crippen molar-refractivity contribution in [3.63, 3.8) is 0 Å². The molecule has 17 heavy (non-hydrogen) atoms. The molecule has 0 atom stereocenters. The van der Waals surface area contributed by atoms with Crippen LogP contribution in [0.25, 0.3) is 5.65 Å². The Balaban J connectivity index is 2.52. The number of rotatable bonds is 3. The van der Waals surface area contributed by atoms with Crippen LogP contribution in [-0.2, 0) is 0 Å². The lowest BCUT2D eigenvalue weighted by Crippen LogP contribution is -2.05. The van der Waals surface area contributed by atoms with Crippen LogP contribution in [0.4, 0.5) is 0 Å². The van der Waals surface area contributed by atoms with Crippen molar-refractivity contribution in [3.05, 3.63) is 29.2 Å². The van der Waals surface area contributed by atoms with Gasteiger partial charge in [-0.05, 0) is 25.8 Å². The number of aryl methyl sites for hydroxylation is 2. The molecule has 90 valence electrons. The second-order valence-electron chi connectivity index (χ2n) is 4.85. The highest BCUT2D eigenvalue weighted by molar-refractivity contribution is 6.01. The van der Waals surface area contributed by atoms with E-state index in [-0.39, 0.29) is 5.78 Å². The van der Waals surface area contributed by atoms with Crippen molar-refractivity contribution < 1.29 is 4.79 Å². The maximum atomic E-state index is 12.1. The molecule has 2 heterocycles. The Morgan fingerprint density at radius 3 is 2.76 bits per heavy atom. The number of hydrogen-bond donors (Lipinski definition) is 0. The van der Waals surface area contributed by atoms with E-state index >= 15 is 0 Å². The van der Waals surface area contributed by atoms with Crippen LogP contribution in [0.5, 0.6) is 0 Å². The van der Waals surface area contributed by atoms with Crippen LogP contribution >= 0.6 is 0 Å². The van der Waals surface area contributed by atoms with Gasteiger partial charge in [-0.3, -0.25) is 4.79 Å². The molecule has 2 aromatic heterocycles. The Labute approximate surface area is 101 Å². The first-order chi connectivity index (χ1) is 7.99. The monoisotopic (exact) mass is 231 g/mol. The Hall–Kier alpha value is -1.71. The van der Waals surface area contributed by atoms with Gasteiger partial charge in [-0.15, -0.1) is 0 Å². The van der Waals surface area contributed by atoms with Gasteiger partial charge in [0.1, 0.15) is 0 Å². The molecular weight excluding hydrogens is 214 g/mol.